The van der Waals surface area contributed by atoms with E-state index in [1.54, 1.807) is 0 Å². The SMILES string of the molecule is Sc1ccc(Nc2ncc(C3CCCC3)cn2)cc1. The topological polar surface area (TPSA) is 37.8 Å². The molecule has 19 heavy (non-hydrogen) atoms. The fourth-order valence-corrected chi connectivity index (χ4v) is 2.70. The molecule has 1 aromatic heterocycles. The molecular weight excluding hydrogens is 254 g/mol. The van der Waals surface area contributed by atoms with Crippen LogP contribution in [0.2, 0.25) is 0 Å². The van der Waals surface area contributed by atoms with Crippen molar-refractivity contribution in [3.63, 3.8) is 0 Å². The minimum Gasteiger partial charge on any atom is -0.324 e. The summed E-state index contributed by atoms with van der Waals surface area (Å²) in [6.07, 6.45) is 9.14. The lowest BCUT2D eigenvalue weighted by Crippen LogP contribution is -2.00. The van der Waals surface area contributed by atoms with Gasteiger partial charge in [0.05, 0.1) is 0 Å². The van der Waals surface area contributed by atoms with Crippen molar-refractivity contribution in [3.05, 3.63) is 42.2 Å². The normalized spacial score (nSPS) is 15.6. The quantitative estimate of drug-likeness (QED) is 0.823. The van der Waals surface area contributed by atoms with Gasteiger partial charge in [-0.05, 0) is 48.6 Å². The van der Waals surface area contributed by atoms with E-state index in [0.717, 1.165) is 10.6 Å². The summed E-state index contributed by atoms with van der Waals surface area (Å²) in [5, 5.41) is 3.19. The first-order valence-corrected chi connectivity index (χ1v) is 7.14. The standard InChI is InChI=1S/C15H17N3S/c19-14-7-5-13(6-8-14)18-15-16-9-12(10-17-15)11-3-1-2-4-11/h5-11,19H,1-4H2,(H,16,17,18). The van der Waals surface area contributed by atoms with Crippen LogP contribution in [0.5, 0.6) is 0 Å². The summed E-state index contributed by atoms with van der Waals surface area (Å²) in [5.41, 5.74) is 2.25. The van der Waals surface area contributed by atoms with E-state index in [-0.39, 0.29) is 0 Å². The zero-order chi connectivity index (χ0) is 13.1. The molecule has 0 atom stereocenters. The molecule has 3 rings (SSSR count). The maximum atomic E-state index is 4.40. The summed E-state index contributed by atoms with van der Waals surface area (Å²) >= 11 is 4.26. The summed E-state index contributed by atoms with van der Waals surface area (Å²) < 4.78 is 0. The van der Waals surface area contributed by atoms with Crippen LogP contribution in [0.15, 0.2) is 41.6 Å². The van der Waals surface area contributed by atoms with Gasteiger partial charge in [0.15, 0.2) is 0 Å². The Labute approximate surface area is 118 Å². The van der Waals surface area contributed by atoms with Crippen LogP contribution in [-0.4, -0.2) is 9.97 Å². The first-order chi connectivity index (χ1) is 9.31. The lowest BCUT2D eigenvalue weighted by atomic mass is 10.0. The zero-order valence-corrected chi connectivity index (χ0v) is 11.6. The Morgan fingerprint density at radius 2 is 1.63 bits per heavy atom. The minimum absolute atomic E-state index is 0.647. The highest BCUT2D eigenvalue weighted by molar-refractivity contribution is 7.80. The minimum atomic E-state index is 0.647. The van der Waals surface area contributed by atoms with Crippen molar-refractivity contribution in [2.24, 2.45) is 0 Å². The van der Waals surface area contributed by atoms with E-state index in [1.807, 2.05) is 36.7 Å². The summed E-state index contributed by atoms with van der Waals surface area (Å²) in [4.78, 5) is 9.75. The molecule has 4 heteroatoms. The monoisotopic (exact) mass is 271 g/mol. The van der Waals surface area contributed by atoms with E-state index in [4.69, 9.17) is 0 Å². The van der Waals surface area contributed by atoms with Gasteiger partial charge in [0.2, 0.25) is 5.95 Å². The van der Waals surface area contributed by atoms with Crippen molar-refractivity contribution in [1.82, 2.24) is 9.97 Å². The van der Waals surface area contributed by atoms with Crippen molar-refractivity contribution in [1.29, 1.82) is 0 Å². The van der Waals surface area contributed by atoms with Crippen LogP contribution in [0, 0.1) is 0 Å². The number of thiol groups is 1. The molecule has 0 unspecified atom stereocenters. The molecule has 1 aliphatic carbocycles. The summed E-state index contributed by atoms with van der Waals surface area (Å²) in [6.45, 7) is 0. The average Bonchev–Trinajstić information content (AvgIpc) is 2.96. The Morgan fingerprint density at radius 3 is 2.26 bits per heavy atom. The first-order valence-electron chi connectivity index (χ1n) is 6.69. The van der Waals surface area contributed by atoms with Crippen molar-refractivity contribution in [3.8, 4) is 0 Å². The highest BCUT2D eigenvalue weighted by Gasteiger charge is 2.17. The fraction of sp³-hybridized carbons (Fsp3) is 0.333. The van der Waals surface area contributed by atoms with Gasteiger partial charge in [-0.1, -0.05) is 12.8 Å². The number of hydrogen-bond donors (Lipinski definition) is 2. The largest absolute Gasteiger partial charge is 0.324 e. The molecule has 1 saturated carbocycles. The molecule has 0 amide bonds. The van der Waals surface area contributed by atoms with E-state index in [2.05, 4.69) is 27.9 Å². The molecule has 1 aromatic carbocycles. The predicted molar refractivity (Wildman–Crippen MR) is 80.2 cm³/mol. The lowest BCUT2D eigenvalue weighted by molar-refractivity contribution is 0.714. The van der Waals surface area contributed by atoms with Gasteiger partial charge in [0.25, 0.3) is 0 Å². The maximum Gasteiger partial charge on any atom is 0.227 e. The highest BCUT2D eigenvalue weighted by Crippen LogP contribution is 2.33. The molecule has 0 radical (unpaired) electrons. The van der Waals surface area contributed by atoms with Gasteiger partial charge in [-0.3, -0.25) is 0 Å². The molecule has 0 spiro atoms. The molecule has 0 bridgehead atoms. The van der Waals surface area contributed by atoms with Gasteiger partial charge < -0.3 is 5.32 Å². The summed E-state index contributed by atoms with van der Waals surface area (Å²) in [5.74, 6) is 1.31. The number of benzene rings is 1. The van der Waals surface area contributed by atoms with Crippen molar-refractivity contribution in [2.75, 3.05) is 5.32 Å². The van der Waals surface area contributed by atoms with Crippen molar-refractivity contribution in [2.45, 2.75) is 36.5 Å². The maximum absolute atomic E-state index is 4.40. The number of anilines is 2. The number of rotatable bonds is 3. The lowest BCUT2D eigenvalue weighted by Gasteiger charge is -2.09. The predicted octanol–water partition coefficient (Wildman–Crippen LogP) is 4.17. The van der Waals surface area contributed by atoms with Gasteiger partial charge >= 0.3 is 0 Å². The van der Waals surface area contributed by atoms with E-state index in [9.17, 15) is 0 Å². The molecule has 98 valence electrons. The van der Waals surface area contributed by atoms with Crippen LogP contribution < -0.4 is 5.32 Å². The molecule has 1 heterocycles. The van der Waals surface area contributed by atoms with E-state index < -0.39 is 0 Å². The van der Waals surface area contributed by atoms with Gasteiger partial charge in [-0.2, -0.15) is 0 Å². The molecule has 3 nitrogen and oxygen atoms in total. The van der Waals surface area contributed by atoms with Crippen molar-refractivity contribution >= 4 is 24.3 Å². The third kappa shape index (κ3) is 3.07. The molecule has 2 aromatic rings. The summed E-state index contributed by atoms with van der Waals surface area (Å²) in [6, 6.07) is 7.82. The Hall–Kier alpha value is -1.55. The first kappa shape index (κ1) is 12.5. The number of aromatic nitrogens is 2. The van der Waals surface area contributed by atoms with E-state index in [1.165, 1.54) is 31.2 Å². The summed E-state index contributed by atoms with van der Waals surface area (Å²) in [7, 11) is 0. The number of nitrogens with one attached hydrogen (secondary N) is 1. The molecule has 0 aliphatic heterocycles. The van der Waals surface area contributed by atoms with Gasteiger partial charge in [-0.15, -0.1) is 12.6 Å². The zero-order valence-electron chi connectivity index (χ0n) is 10.7. The van der Waals surface area contributed by atoms with Gasteiger partial charge in [0.1, 0.15) is 0 Å². The Morgan fingerprint density at radius 1 is 1.00 bits per heavy atom. The van der Waals surface area contributed by atoms with Gasteiger partial charge in [0, 0.05) is 23.0 Å². The molecular formula is C15H17N3S. The van der Waals surface area contributed by atoms with Gasteiger partial charge in [-0.25, -0.2) is 9.97 Å². The third-order valence-electron chi connectivity index (χ3n) is 3.62. The average molecular weight is 271 g/mol. The van der Waals surface area contributed by atoms with E-state index in [0.29, 0.717) is 11.9 Å². The van der Waals surface area contributed by atoms with Crippen molar-refractivity contribution < 1.29 is 0 Å². The molecule has 0 saturated heterocycles. The second kappa shape index (κ2) is 5.61. The van der Waals surface area contributed by atoms with Crippen LogP contribution in [0.25, 0.3) is 0 Å². The molecule has 1 aliphatic rings. The molecule has 1 fully saturated rings. The third-order valence-corrected chi connectivity index (χ3v) is 3.92. The second-order valence-corrected chi connectivity index (χ2v) is 5.51. The fourth-order valence-electron chi connectivity index (χ4n) is 2.55. The van der Waals surface area contributed by atoms with Crippen LogP contribution in [0.1, 0.15) is 37.2 Å². The van der Waals surface area contributed by atoms with Crippen LogP contribution in [0.4, 0.5) is 11.6 Å². The van der Waals surface area contributed by atoms with E-state index >= 15 is 0 Å². The Bertz CT molecular complexity index is 530. The number of nitrogens with zero attached hydrogens (tertiary/aromatic N) is 2. The second-order valence-electron chi connectivity index (χ2n) is 4.99. The highest BCUT2D eigenvalue weighted by atomic mass is 32.1. The van der Waals surface area contributed by atoms with Crippen LogP contribution in [-0.2, 0) is 0 Å². The Balaban J connectivity index is 1.70. The Kier molecular flexibility index (Phi) is 3.69. The number of hydrogen-bond acceptors (Lipinski definition) is 4. The van der Waals surface area contributed by atoms with Crippen LogP contribution in [0.3, 0.4) is 0 Å². The smallest absolute Gasteiger partial charge is 0.227 e. The molecule has 1 N–H and O–H groups in total. The van der Waals surface area contributed by atoms with Crippen LogP contribution >= 0.6 is 12.6 Å².